The van der Waals surface area contributed by atoms with Gasteiger partial charge >= 0.3 is 0 Å². The Hall–Kier alpha value is -4.32. The fraction of sp³-hybridized carbons (Fsp3) is 0.0270. The van der Waals surface area contributed by atoms with Crippen molar-refractivity contribution >= 4 is 87.8 Å². The Morgan fingerprint density at radius 1 is 0.405 bits per heavy atom. The van der Waals surface area contributed by atoms with E-state index in [0.717, 1.165) is 43.1 Å². The van der Waals surface area contributed by atoms with Crippen LogP contribution in [-0.4, -0.2) is 4.57 Å². The summed E-state index contributed by atoms with van der Waals surface area (Å²) in [6, 6.07) is 51.5. The maximum atomic E-state index is 3.68. The Labute approximate surface area is 262 Å². The molecule has 3 nitrogen and oxygen atoms in total. The van der Waals surface area contributed by atoms with Crippen LogP contribution in [0.15, 0.2) is 155 Å². The van der Waals surface area contributed by atoms with Gasteiger partial charge in [0.1, 0.15) is 0 Å². The third-order valence-electron chi connectivity index (χ3n) is 7.65. The zero-order valence-corrected chi connectivity index (χ0v) is 26.1. The molecule has 0 spiro atoms. The van der Waals surface area contributed by atoms with E-state index in [2.05, 4.69) is 199 Å². The van der Waals surface area contributed by atoms with Gasteiger partial charge in [-0.1, -0.05) is 80.4 Å². The fourth-order valence-electron chi connectivity index (χ4n) is 5.75. The van der Waals surface area contributed by atoms with Crippen LogP contribution >= 0.6 is 31.9 Å². The number of para-hydroxylation sites is 2. The molecule has 0 saturated heterocycles. The predicted molar refractivity (Wildman–Crippen MR) is 185 cm³/mol. The summed E-state index contributed by atoms with van der Waals surface area (Å²) in [5, 5.41) is 2.43. The van der Waals surface area contributed by atoms with E-state index in [9.17, 15) is 0 Å². The van der Waals surface area contributed by atoms with Crippen LogP contribution in [-0.2, 0) is 7.05 Å². The van der Waals surface area contributed by atoms with Gasteiger partial charge in [-0.3, -0.25) is 0 Å². The van der Waals surface area contributed by atoms with Gasteiger partial charge in [0.15, 0.2) is 0 Å². The molecule has 0 unspecified atom stereocenters. The molecule has 7 aromatic rings. The van der Waals surface area contributed by atoms with E-state index < -0.39 is 0 Å². The first-order valence-electron chi connectivity index (χ1n) is 13.8. The number of benzene rings is 6. The van der Waals surface area contributed by atoms with Gasteiger partial charge in [0.05, 0.1) is 0 Å². The van der Waals surface area contributed by atoms with Crippen LogP contribution in [0.4, 0.5) is 34.1 Å². The molecule has 0 aliphatic rings. The Morgan fingerprint density at radius 3 is 1.19 bits per heavy atom. The molecular formula is C37H27Br2N3. The fourth-order valence-corrected chi connectivity index (χ4v) is 6.53. The zero-order valence-electron chi connectivity index (χ0n) is 23.0. The highest BCUT2D eigenvalue weighted by atomic mass is 79.9. The van der Waals surface area contributed by atoms with Crippen molar-refractivity contribution in [3.05, 3.63) is 155 Å². The second kappa shape index (κ2) is 11.2. The highest BCUT2D eigenvalue weighted by molar-refractivity contribution is 9.10. The van der Waals surface area contributed by atoms with Crippen LogP contribution in [0.1, 0.15) is 0 Å². The van der Waals surface area contributed by atoms with E-state index in [1.54, 1.807) is 0 Å². The number of aryl methyl sites for hydroxylation is 1. The topological polar surface area (TPSA) is 11.4 Å². The molecule has 7 rings (SSSR count). The molecule has 0 fully saturated rings. The molecule has 42 heavy (non-hydrogen) atoms. The summed E-state index contributed by atoms with van der Waals surface area (Å²) in [6.45, 7) is 0. The van der Waals surface area contributed by atoms with Gasteiger partial charge in [0, 0.05) is 71.9 Å². The Balaban J connectivity index is 1.44. The lowest BCUT2D eigenvalue weighted by molar-refractivity contribution is 1.01. The highest BCUT2D eigenvalue weighted by Crippen LogP contribution is 2.42. The average Bonchev–Trinajstić information content (AvgIpc) is 3.29. The summed E-state index contributed by atoms with van der Waals surface area (Å²) in [4.78, 5) is 4.62. The predicted octanol–water partition coefficient (Wildman–Crippen LogP) is 11.8. The lowest BCUT2D eigenvalue weighted by Gasteiger charge is -2.26. The summed E-state index contributed by atoms with van der Waals surface area (Å²) in [7, 11) is 2.15. The smallest absolute Gasteiger partial charge is 0.0490 e. The van der Waals surface area contributed by atoms with E-state index in [-0.39, 0.29) is 0 Å². The molecule has 0 saturated carbocycles. The standard InChI is InChI=1S/C37H27Br2N3/c1-40-36-20-18-32(41(28-12-4-2-5-13-28)30-16-8-10-26(38)22-30)24-34(36)35-25-33(19-21-37(35)40)42(29-14-6-3-7-15-29)31-17-9-11-27(39)23-31/h2-25H,1H3. The molecule has 1 aromatic heterocycles. The highest BCUT2D eigenvalue weighted by Gasteiger charge is 2.18. The number of rotatable bonds is 6. The first kappa shape index (κ1) is 26.6. The SMILES string of the molecule is Cn1c2ccc(N(c3ccccc3)c3cccc(Br)c3)cc2c2cc(N(c3ccccc3)c3cccc(Br)c3)ccc21. The largest absolute Gasteiger partial charge is 0.344 e. The molecular weight excluding hydrogens is 646 g/mol. The van der Waals surface area contributed by atoms with Gasteiger partial charge in [-0.15, -0.1) is 0 Å². The second-order valence-corrected chi connectivity index (χ2v) is 12.1. The lowest BCUT2D eigenvalue weighted by atomic mass is 10.1. The quantitative estimate of drug-likeness (QED) is 0.174. The minimum Gasteiger partial charge on any atom is -0.344 e. The Bertz CT molecular complexity index is 1890. The van der Waals surface area contributed by atoms with E-state index in [0.29, 0.717) is 0 Å². The van der Waals surface area contributed by atoms with Gasteiger partial charge < -0.3 is 14.4 Å². The third kappa shape index (κ3) is 4.89. The minimum atomic E-state index is 1.05. The van der Waals surface area contributed by atoms with E-state index in [1.165, 1.54) is 21.8 Å². The molecule has 1 heterocycles. The summed E-state index contributed by atoms with van der Waals surface area (Å²) in [5.74, 6) is 0. The van der Waals surface area contributed by atoms with Crippen molar-refractivity contribution in [2.45, 2.75) is 0 Å². The molecule has 0 aliphatic heterocycles. The van der Waals surface area contributed by atoms with Crippen molar-refractivity contribution in [1.82, 2.24) is 4.57 Å². The van der Waals surface area contributed by atoms with Crippen LogP contribution in [0.5, 0.6) is 0 Å². The van der Waals surface area contributed by atoms with Crippen LogP contribution in [0.3, 0.4) is 0 Å². The Morgan fingerprint density at radius 2 is 0.786 bits per heavy atom. The van der Waals surface area contributed by atoms with Crippen molar-refractivity contribution in [3.63, 3.8) is 0 Å². The minimum absolute atomic E-state index is 1.05. The molecule has 204 valence electrons. The maximum absolute atomic E-state index is 3.68. The third-order valence-corrected chi connectivity index (χ3v) is 8.64. The van der Waals surface area contributed by atoms with Crippen molar-refractivity contribution in [2.75, 3.05) is 9.80 Å². The molecule has 0 atom stereocenters. The monoisotopic (exact) mass is 671 g/mol. The van der Waals surface area contributed by atoms with Crippen molar-refractivity contribution in [3.8, 4) is 0 Å². The Kier molecular flexibility index (Phi) is 7.06. The first-order chi connectivity index (χ1) is 20.6. The number of halogens is 2. The number of fused-ring (bicyclic) bond motifs is 3. The molecule has 6 aromatic carbocycles. The van der Waals surface area contributed by atoms with E-state index in [1.807, 2.05) is 0 Å². The van der Waals surface area contributed by atoms with Crippen molar-refractivity contribution < 1.29 is 0 Å². The molecule has 0 amide bonds. The first-order valence-corrected chi connectivity index (χ1v) is 15.4. The number of hydrogen-bond acceptors (Lipinski definition) is 2. The van der Waals surface area contributed by atoms with Crippen molar-refractivity contribution in [1.29, 1.82) is 0 Å². The molecule has 0 N–H and O–H groups in total. The van der Waals surface area contributed by atoms with Crippen LogP contribution in [0, 0.1) is 0 Å². The summed E-state index contributed by atoms with van der Waals surface area (Å²) in [5.41, 5.74) is 9.03. The number of anilines is 6. The number of nitrogens with zero attached hydrogens (tertiary/aromatic N) is 3. The normalized spacial score (nSPS) is 11.2. The van der Waals surface area contributed by atoms with Crippen LogP contribution in [0.25, 0.3) is 21.8 Å². The van der Waals surface area contributed by atoms with Crippen LogP contribution in [0.2, 0.25) is 0 Å². The lowest BCUT2D eigenvalue weighted by Crippen LogP contribution is -2.10. The zero-order chi connectivity index (χ0) is 28.6. The van der Waals surface area contributed by atoms with Crippen molar-refractivity contribution in [2.24, 2.45) is 7.05 Å². The molecule has 5 heteroatoms. The van der Waals surface area contributed by atoms with Gasteiger partial charge in [-0.05, 0) is 97.1 Å². The molecule has 0 bridgehead atoms. The number of aromatic nitrogens is 1. The summed E-state index contributed by atoms with van der Waals surface area (Å²) in [6.07, 6.45) is 0. The summed E-state index contributed by atoms with van der Waals surface area (Å²) >= 11 is 7.36. The average molecular weight is 673 g/mol. The maximum Gasteiger partial charge on any atom is 0.0490 e. The number of hydrogen-bond donors (Lipinski definition) is 0. The molecule has 0 radical (unpaired) electrons. The van der Waals surface area contributed by atoms with Gasteiger partial charge in [0.25, 0.3) is 0 Å². The van der Waals surface area contributed by atoms with Gasteiger partial charge in [-0.2, -0.15) is 0 Å². The molecule has 0 aliphatic carbocycles. The summed E-state index contributed by atoms with van der Waals surface area (Å²) < 4.78 is 4.38. The van der Waals surface area contributed by atoms with Gasteiger partial charge in [0.2, 0.25) is 0 Å². The second-order valence-electron chi connectivity index (χ2n) is 10.3. The van der Waals surface area contributed by atoms with Crippen LogP contribution < -0.4 is 9.80 Å². The van der Waals surface area contributed by atoms with E-state index in [4.69, 9.17) is 0 Å². The van der Waals surface area contributed by atoms with Gasteiger partial charge in [-0.25, -0.2) is 0 Å². The van der Waals surface area contributed by atoms with E-state index >= 15 is 0 Å².